The Morgan fingerprint density at radius 2 is 1.96 bits per heavy atom. The van der Waals surface area contributed by atoms with Gasteiger partial charge in [0.15, 0.2) is 5.82 Å². The highest BCUT2D eigenvalue weighted by molar-refractivity contribution is 6.06. The number of aromatic nitrogens is 2. The predicted molar refractivity (Wildman–Crippen MR) is 92.6 cm³/mol. The first kappa shape index (κ1) is 16.0. The fraction of sp³-hybridized carbons (Fsp3) is 0.278. The molecule has 6 nitrogen and oxygen atoms in total. The summed E-state index contributed by atoms with van der Waals surface area (Å²) in [6.45, 7) is 5.02. The first-order chi connectivity index (χ1) is 11.4. The lowest BCUT2D eigenvalue weighted by atomic mass is 10.1. The molecule has 0 bridgehead atoms. The second kappa shape index (κ2) is 6.31. The van der Waals surface area contributed by atoms with Crippen molar-refractivity contribution in [3.63, 3.8) is 0 Å². The number of aryl methyl sites for hydroxylation is 1. The highest BCUT2D eigenvalue weighted by Crippen LogP contribution is 2.17. The van der Waals surface area contributed by atoms with Crippen molar-refractivity contribution in [1.29, 1.82) is 0 Å². The summed E-state index contributed by atoms with van der Waals surface area (Å²) < 4.78 is 1.64. The molecule has 0 saturated carbocycles. The van der Waals surface area contributed by atoms with Crippen molar-refractivity contribution in [3.8, 4) is 0 Å². The summed E-state index contributed by atoms with van der Waals surface area (Å²) >= 11 is 0. The van der Waals surface area contributed by atoms with Crippen molar-refractivity contribution in [2.24, 2.45) is 0 Å². The number of carbonyl (C=O) groups excluding carboxylic acids is 2. The molecule has 3 rings (SSSR count). The van der Waals surface area contributed by atoms with E-state index in [0.29, 0.717) is 30.2 Å². The highest BCUT2D eigenvalue weighted by atomic mass is 16.2. The summed E-state index contributed by atoms with van der Waals surface area (Å²) in [5.41, 5.74) is 3.22. The molecule has 0 aliphatic carbocycles. The number of amides is 2. The van der Waals surface area contributed by atoms with Crippen molar-refractivity contribution >= 4 is 23.7 Å². The van der Waals surface area contributed by atoms with Gasteiger partial charge in [-0.1, -0.05) is 29.8 Å². The fourth-order valence-electron chi connectivity index (χ4n) is 2.56. The van der Waals surface area contributed by atoms with Crippen LogP contribution >= 0.6 is 0 Å². The standard InChI is InChI=1S/C18H20N4O2/c1-12-4-6-14(7-5-12)10-13(2)17(23)19-16-11-15-18(24)21(3)8-9-22(15)20-16/h4-7,10-11H,8-9H2,1-3H3,(H,19,20,23). The normalized spacial score (nSPS) is 14.5. The van der Waals surface area contributed by atoms with E-state index in [9.17, 15) is 9.59 Å². The maximum Gasteiger partial charge on any atom is 0.272 e. The number of rotatable bonds is 3. The number of nitrogens with zero attached hydrogens (tertiary/aromatic N) is 3. The number of anilines is 1. The van der Waals surface area contributed by atoms with Gasteiger partial charge in [0.25, 0.3) is 11.8 Å². The van der Waals surface area contributed by atoms with Gasteiger partial charge in [-0.25, -0.2) is 0 Å². The van der Waals surface area contributed by atoms with E-state index >= 15 is 0 Å². The van der Waals surface area contributed by atoms with Gasteiger partial charge >= 0.3 is 0 Å². The number of benzene rings is 1. The van der Waals surface area contributed by atoms with Crippen molar-refractivity contribution in [2.75, 3.05) is 18.9 Å². The highest BCUT2D eigenvalue weighted by Gasteiger charge is 2.24. The molecule has 1 aromatic heterocycles. The number of likely N-dealkylation sites (N-methyl/N-ethyl adjacent to an activating group) is 1. The summed E-state index contributed by atoms with van der Waals surface area (Å²) in [6.07, 6.45) is 1.82. The van der Waals surface area contributed by atoms with E-state index in [1.807, 2.05) is 37.3 Å². The first-order valence-corrected chi connectivity index (χ1v) is 7.83. The zero-order chi connectivity index (χ0) is 17.3. The SMILES string of the molecule is CC(=Cc1ccc(C)cc1)C(=O)Nc1cc2n(n1)CCN(C)C2=O. The van der Waals surface area contributed by atoms with E-state index in [2.05, 4.69) is 10.4 Å². The van der Waals surface area contributed by atoms with Crippen LogP contribution in [0, 0.1) is 6.92 Å². The average Bonchev–Trinajstić information content (AvgIpc) is 2.96. The van der Waals surface area contributed by atoms with Crippen LogP contribution in [-0.4, -0.2) is 40.1 Å². The van der Waals surface area contributed by atoms with Crippen LogP contribution in [0.1, 0.15) is 28.5 Å². The Hall–Kier alpha value is -2.89. The molecule has 0 fully saturated rings. The monoisotopic (exact) mass is 324 g/mol. The van der Waals surface area contributed by atoms with Gasteiger partial charge in [0, 0.05) is 25.2 Å². The smallest absolute Gasteiger partial charge is 0.272 e. The van der Waals surface area contributed by atoms with Crippen LogP contribution in [0.4, 0.5) is 5.82 Å². The van der Waals surface area contributed by atoms with E-state index in [1.54, 1.807) is 29.6 Å². The van der Waals surface area contributed by atoms with E-state index in [-0.39, 0.29) is 11.8 Å². The van der Waals surface area contributed by atoms with Crippen molar-refractivity contribution in [1.82, 2.24) is 14.7 Å². The lowest BCUT2D eigenvalue weighted by molar-refractivity contribution is -0.112. The molecule has 2 heterocycles. The van der Waals surface area contributed by atoms with Gasteiger partial charge in [0.1, 0.15) is 5.69 Å². The van der Waals surface area contributed by atoms with Gasteiger partial charge in [0.05, 0.1) is 6.54 Å². The third-order valence-electron chi connectivity index (χ3n) is 4.05. The molecule has 6 heteroatoms. The topological polar surface area (TPSA) is 67.2 Å². The molecule has 2 aromatic rings. The molecule has 1 N–H and O–H groups in total. The van der Waals surface area contributed by atoms with Gasteiger partial charge in [-0.05, 0) is 25.5 Å². The molecular formula is C18H20N4O2. The molecule has 0 saturated heterocycles. The Labute approximate surface area is 140 Å². The largest absolute Gasteiger partial charge is 0.339 e. The van der Waals surface area contributed by atoms with Crippen molar-refractivity contribution in [3.05, 3.63) is 52.7 Å². The lowest BCUT2D eigenvalue weighted by Crippen LogP contribution is -2.37. The maximum absolute atomic E-state index is 12.3. The zero-order valence-corrected chi connectivity index (χ0v) is 14.0. The summed E-state index contributed by atoms with van der Waals surface area (Å²) in [5, 5.41) is 7.04. The Morgan fingerprint density at radius 3 is 2.67 bits per heavy atom. The van der Waals surface area contributed by atoms with Crippen LogP contribution in [0.3, 0.4) is 0 Å². The molecule has 0 spiro atoms. The van der Waals surface area contributed by atoms with Crippen LogP contribution in [0.25, 0.3) is 6.08 Å². The van der Waals surface area contributed by atoms with Crippen molar-refractivity contribution < 1.29 is 9.59 Å². The minimum Gasteiger partial charge on any atom is -0.339 e. The Morgan fingerprint density at radius 1 is 1.25 bits per heavy atom. The summed E-state index contributed by atoms with van der Waals surface area (Å²) in [5.74, 6) is 0.0864. The van der Waals surface area contributed by atoms with Crippen LogP contribution in [0.2, 0.25) is 0 Å². The molecule has 1 aliphatic rings. The number of hydrogen-bond donors (Lipinski definition) is 1. The summed E-state index contributed by atoms with van der Waals surface area (Å²) in [4.78, 5) is 26.0. The molecule has 1 aliphatic heterocycles. The predicted octanol–water partition coefficient (Wildman–Crippen LogP) is 2.32. The maximum atomic E-state index is 12.3. The number of hydrogen-bond acceptors (Lipinski definition) is 3. The lowest BCUT2D eigenvalue weighted by Gasteiger charge is -2.22. The third-order valence-corrected chi connectivity index (χ3v) is 4.05. The van der Waals surface area contributed by atoms with Crippen molar-refractivity contribution in [2.45, 2.75) is 20.4 Å². The second-order valence-corrected chi connectivity index (χ2v) is 6.06. The Balaban J connectivity index is 1.74. The zero-order valence-electron chi connectivity index (χ0n) is 14.0. The number of carbonyl (C=O) groups is 2. The number of nitrogens with one attached hydrogen (secondary N) is 1. The van der Waals surface area contributed by atoms with Gasteiger partial charge in [-0.15, -0.1) is 0 Å². The Kier molecular flexibility index (Phi) is 4.20. The van der Waals surface area contributed by atoms with Crippen LogP contribution in [0.5, 0.6) is 0 Å². The van der Waals surface area contributed by atoms with Gasteiger partial charge in [-0.2, -0.15) is 5.10 Å². The molecule has 0 unspecified atom stereocenters. The molecule has 2 amide bonds. The minimum absolute atomic E-state index is 0.0823. The Bertz CT molecular complexity index is 818. The molecule has 0 radical (unpaired) electrons. The fourth-order valence-corrected chi connectivity index (χ4v) is 2.56. The first-order valence-electron chi connectivity index (χ1n) is 7.83. The summed E-state index contributed by atoms with van der Waals surface area (Å²) in [6, 6.07) is 9.56. The minimum atomic E-state index is -0.230. The molecule has 24 heavy (non-hydrogen) atoms. The second-order valence-electron chi connectivity index (χ2n) is 6.06. The number of fused-ring (bicyclic) bond motifs is 1. The van der Waals surface area contributed by atoms with E-state index in [1.165, 1.54) is 5.56 Å². The van der Waals surface area contributed by atoms with Crippen LogP contribution < -0.4 is 5.32 Å². The summed E-state index contributed by atoms with van der Waals surface area (Å²) in [7, 11) is 1.76. The van der Waals surface area contributed by atoms with Gasteiger partial charge in [-0.3, -0.25) is 14.3 Å². The molecule has 124 valence electrons. The van der Waals surface area contributed by atoms with Gasteiger partial charge in [0.2, 0.25) is 0 Å². The van der Waals surface area contributed by atoms with E-state index in [0.717, 1.165) is 5.56 Å². The quantitative estimate of drug-likeness (QED) is 0.881. The average molecular weight is 324 g/mol. The van der Waals surface area contributed by atoms with Gasteiger partial charge < -0.3 is 10.2 Å². The van der Waals surface area contributed by atoms with Crippen LogP contribution in [-0.2, 0) is 11.3 Å². The van der Waals surface area contributed by atoms with Crippen LogP contribution in [0.15, 0.2) is 35.9 Å². The molecule has 1 aromatic carbocycles. The third kappa shape index (κ3) is 3.22. The molecule has 0 atom stereocenters. The molecular weight excluding hydrogens is 304 g/mol. The van der Waals surface area contributed by atoms with E-state index in [4.69, 9.17) is 0 Å². The van der Waals surface area contributed by atoms with E-state index < -0.39 is 0 Å².